The van der Waals surface area contributed by atoms with Gasteiger partial charge in [-0.15, -0.1) is 0 Å². The molecule has 0 radical (unpaired) electrons. The molecule has 0 N–H and O–H groups in total. The Bertz CT molecular complexity index is 457. The lowest BCUT2D eigenvalue weighted by Crippen LogP contribution is -2.17. The predicted octanol–water partition coefficient (Wildman–Crippen LogP) is 7.56. The SMILES string of the molecule is CCCCC/C=C/C/C=C/CCCC/C=C/CCCC1=NC(C)(C)CO1. The van der Waals surface area contributed by atoms with E-state index in [0.29, 0.717) is 0 Å². The molecule has 0 amide bonds. The number of unbranched alkanes of at least 4 members (excludes halogenated alkanes) is 7. The molecule has 0 spiro atoms. The molecule has 0 aromatic carbocycles. The van der Waals surface area contributed by atoms with Gasteiger partial charge >= 0.3 is 0 Å². The Hall–Kier alpha value is -1.31. The summed E-state index contributed by atoms with van der Waals surface area (Å²) < 4.78 is 5.61. The minimum atomic E-state index is -0.00939. The summed E-state index contributed by atoms with van der Waals surface area (Å²) in [7, 11) is 0. The van der Waals surface area contributed by atoms with E-state index in [4.69, 9.17) is 4.74 Å². The van der Waals surface area contributed by atoms with Gasteiger partial charge in [0.15, 0.2) is 5.90 Å². The van der Waals surface area contributed by atoms with E-state index in [9.17, 15) is 0 Å². The molecule has 0 bridgehead atoms. The second-order valence-corrected chi connectivity index (χ2v) is 7.93. The lowest BCUT2D eigenvalue weighted by molar-refractivity contribution is 0.273. The van der Waals surface area contributed by atoms with Gasteiger partial charge in [0.1, 0.15) is 6.61 Å². The summed E-state index contributed by atoms with van der Waals surface area (Å²) in [5.41, 5.74) is -0.00939. The summed E-state index contributed by atoms with van der Waals surface area (Å²) in [6.07, 6.45) is 28.5. The Morgan fingerprint density at radius 1 is 0.808 bits per heavy atom. The maximum atomic E-state index is 5.61. The zero-order valence-electron chi connectivity index (χ0n) is 17.5. The van der Waals surface area contributed by atoms with Crippen molar-refractivity contribution in [2.24, 2.45) is 4.99 Å². The van der Waals surface area contributed by atoms with Crippen LogP contribution < -0.4 is 0 Å². The fraction of sp³-hybridized carbons (Fsp3) is 0.708. The topological polar surface area (TPSA) is 21.6 Å². The molecule has 0 saturated heterocycles. The van der Waals surface area contributed by atoms with Crippen molar-refractivity contribution in [2.45, 2.75) is 103 Å². The molecule has 0 atom stereocenters. The normalized spacial score (nSPS) is 16.8. The van der Waals surface area contributed by atoms with Crippen molar-refractivity contribution in [1.29, 1.82) is 0 Å². The van der Waals surface area contributed by atoms with Gasteiger partial charge in [-0.3, -0.25) is 0 Å². The maximum absolute atomic E-state index is 5.61. The van der Waals surface area contributed by atoms with Gasteiger partial charge in [-0.1, -0.05) is 56.2 Å². The lowest BCUT2D eigenvalue weighted by Gasteiger charge is -2.07. The second kappa shape index (κ2) is 14.8. The predicted molar refractivity (Wildman–Crippen MR) is 116 cm³/mol. The van der Waals surface area contributed by atoms with Crippen LogP contribution in [0.1, 0.15) is 97.8 Å². The highest BCUT2D eigenvalue weighted by Gasteiger charge is 2.25. The molecule has 0 aromatic heterocycles. The van der Waals surface area contributed by atoms with Crippen LogP contribution in [-0.4, -0.2) is 18.0 Å². The van der Waals surface area contributed by atoms with Crippen molar-refractivity contribution in [2.75, 3.05) is 6.61 Å². The summed E-state index contributed by atoms with van der Waals surface area (Å²) in [5.74, 6) is 0.950. The van der Waals surface area contributed by atoms with E-state index in [1.54, 1.807) is 0 Å². The van der Waals surface area contributed by atoms with Crippen molar-refractivity contribution in [3.63, 3.8) is 0 Å². The van der Waals surface area contributed by atoms with E-state index >= 15 is 0 Å². The number of hydrogen-bond acceptors (Lipinski definition) is 2. The van der Waals surface area contributed by atoms with Crippen molar-refractivity contribution < 1.29 is 4.74 Å². The average Bonchev–Trinajstić information content (AvgIpc) is 2.96. The van der Waals surface area contributed by atoms with Gasteiger partial charge in [0.05, 0.1) is 5.54 Å². The lowest BCUT2D eigenvalue weighted by atomic mass is 10.1. The zero-order chi connectivity index (χ0) is 18.9. The van der Waals surface area contributed by atoms with Gasteiger partial charge in [-0.25, -0.2) is 4.99 Å². The van der Waals surface area contributed by atoms with Crippen LogP contribution in [0.3, 0.4) is 0 Å². The average molecular weight is 360 g/mol. The number of aliphatic imine (C=N–C) groups is 1. The van der Waals surface area contributed by atoms with E-state index in [1.807, 2.05) is 0 Å². The summed E-state index contributed by atoms with van der Waals surface area (Å²) >= 11 is 0. The Kier molecular flexibility index (Phi) is 13.0. The molecular weight excluding hydrogens is 318 g/mol. The van der Waals surface area contributed by atoms with Crippen LogP contribution >= 0.6 is 0 Å². The quantitative estimate of drug-likeness (QED) is 0.218. The number of hydrogen-bond donors (Lipinski definition) is 0. The molecule has 2 heteroatoms. The molecule has 0 saturated carbocycles. The zero-order valence-corrected chi connectivity index (χ0v) is 17.5. The first-order chi connectivity index (χ1) is 12.6. The molecule has 0 unspecified atom stereocenters. The molecule has 1 aliphatic rings. The van der Waals surface area contributed by atoms with Gasteiger partial charge in [-0.05, 0) is 71.6 Å². The Morgan fingerprint density at radius 2 is 1.35 bits per heavy atom. The van der Waals surface area contributed by atoms with Crippen molar-refractivity contribution in [1.82, 2.24) is 0 Å². The molecule has 148 valence electrons. The molecular formula is C24H41NO. The highest BCUT2D eigenvalue weighted by molar-refractivity contribution is 5.78. The van der Waals surface area contributed by atoms with Crippen LogP contribution in [-0.2, 0) is 4.74 Å². The third-order valence-electron chi connectivity index (χ3n) is 4.52. The minimum Gasteiger partial charge on any atom is -0.478 e. The summed E-state index contributed by atoms with van der Waals surface area (Å²) in [4.78, 5) is 4.59. The van der Waals surface area contributed by atoms with Crippen molar-refractivity contribution in [3.05, 3.63) is 36.5 Å². The molecule has 2 nitrogen and oxygen atoms in total. The Morgan fingerprint density at radius 3 is 1.88 bits per heavy atom. The largest absolute Gasteiger partial charge is 0.478 e. The Balaban J connectivity index is 1.86. The fourth-order valence-electron chi connectivity index (χ4n) is 2.94. The maximum Gasteiger partial charge on any atom is 0.183 e. The number of allylic oxidation sites excluding steroid dienone is 6. The third-order valence-corrected chi connectivity index (χ3v) is 4.52. The van der Waals surface area contributed by atoms with Gasteiger partial charge < -0.3 is 4.74 Å². The van der Waals surface area contributed by atoms with Gasteiger partial charge in [0.2, 0.25) is 0 Å². The molecule has 0 aromatic rings. The molecule has 1 rings (SSSR count). The second-order valence-electron chi connectivity index (χ2n) is 7.93. The van der Waals surface area contributed by atoms with Crippen LogP contribution in [0.15, 0.2) is 41.4 Å². The van der Waals surface area contributed by atoms with E-state index in [0.717, 1.165) is 38.2 Å². The van der Waals surface area contributed by atoms with Crippen LogP contribution in [0.5, 0.6) is 0 Å². The van der Waals surface area contributed by atoms with Crippen LogP contribution in [0.25, 0.3) is 0 Å². The third kappa shape index (κ3) is 13.0. The standard InChI is InChI=1S/C24H41NO/c1-4-5-6-7-8-9-10-11-12-13-14-15-16-17-18-19-20-21-23-25-24(2,3)22-26-23/h8-9,11-12,17-18H,4-7,10,13-16,19-22H2,1-3H3/b9-8+,12-11+,18-17+. The first kappa shape index (κ1) is 22.7. The van der Waals surface area contributed by atoms with E-state index in [-0.39, 0.29) is 5.54 Å². The molecule has 26 heavy (non-hydrogen) atoms. The van der Waals surface area contributed by atoms with Crippen LogP contribution in [0.2, 0.25) is 0 Å². The van der Waals surface area contributed by atoms with Crippen LogP contribution in [0.4, 0.5) is 0 Å². The number of ether oxygens (including phenoxy) is 1. The molecule has 0 fully saturated rings. The first-order valence-corrected chi connectivity index (χ1v) is 10.8. The van der Waals surface area contributed by atoms with Gasteiger partial charge in [0, 0.05) is 6.42 Å². The first-order valence-electron chi connectivity index (χ1n) is 10.8. The highest BCUT2D eigenvalue weighted by Crippen LogP contribution is 2.19. The smallest absolute Gasteiger partial charge is 0.183 e. The minimum absolute atomic E-state index is 0.00939. The van der Waals surface area contributed by atoms with E-state index in [1.165, 1.54) is 51.4 Å². The molecule has 1 heterocycles. The van der Waals surface area contributed by atoms with Gasteiger partial charge in [-0.2, -0.15) is 0 Å². The summed E-state index contributed by atoms with van der Waals surface area (Å²) in [6, 6.07) is 0. The van der Waals surface area contributed by atoms with E-state index in [2.05, 4.69) is 62.2 Å². The molecule has 1 aliphatic heterocycles. The monoisotopic (exact) mass is 359 g/mol. The summed E-state index contributed by atoms with van der Waals surface area (Å²) in [6.45, 7) is 7.24. The highest BCUT2D eigenvalue weighted by atomic mass is 16.5. The summed E-state index contributed by atoms with van der Waals surface area (Å²) in [5, 5.41) is 0. The molecule has 0 aliphatic carbocycles. The van der Waals surface area contributed by atoms with Gasteiger partial charge in [0.25, 0.3) is 0 Å². The number of rotatable bonds is 15. The van der Waals surface area contributed by atoms with E-state index < -0.39 is 0 Å². The van der Waals surface area contributed by atoms with Crippen molar-refractivity contribution in [3.8, 4) is 0 Å². The Labute approximate surface area is 162 Å². The fourth-order valence-corrected chi connectivity index (χ4v) is 2.94. The van der Waals surface area contributed by atoms with Crippen LogP contribution in [0, 0.1) is 0 Å². The number of nitrogens with zero attached hydrogens (tertiary/aromatic N) is 1. The van der Waals surface area contributed by atoms with Crippen molar-refractivity contribution >= 4 is 5.90 Å².